The molecule has 0 saturated carbocycles. The summed E-state index contributed by atoms with van der Waals surface area (Å²) in [6.07, 6.45) is 0.770. The van der Waals surface area contributed by atoms with Gasteiger partial charge in [0.1, 0.15) is 5.01 Å². The highest BCUT2D eigenvalue weighted by molar-refractivity contribution is 7.89. The Morgan fingerprint density at radius 1 is 1.26 bits per heavy atom. The lowest BCUT2D eigenvalue weighted by molar-refractivity contribution is 0.102. The van der Waals surface area contributed by atoms with Crippen LogP contribution in [0.1, 0.15) is 43.1 Å². The molecule has 27 heavy (non-hydrogen) atoms. The molecule has 0 aliphatic rings. The van der Waals surface area contributed by atoms with E-state index in [1.165, 1.54) is 33.8 Å². The Hall–Kier alpha value is -1.55. The standard InChI is InChI=1S/C17H23ClN4O3S2/c1-5-22(6-2)27(24,25)12-7-8-14(18)13(10-12)16(23)19-17-21-20-15(26-17)9-11(3)4/h7-8,10-11H,5-6,9H2,1-4H3,(H,19,21,23). The lowest BCUT2D eigenvalue weighted by atomic mass is 10.1. The van der Waals surface area contributed by atoms with Crippen LogP contribution in [-0.2, 0) is 16.4 Å². The van der Waals surface area contributed by atoms with Crippen molar-refractivity contribution in [3.05, 3.63) is 33.8 Å². The van der Waals surface area contributed by atoms with E-state index in [1.54, 1.807) is 13.8 Å². The maximum absolute atomic E-state index is 12.7. The van der Waals surface area contributed by atoms with E-state index in [4.69, 9.17) is 11.6 Å². The van der Waals surface area contributed by atoms with Crippen molar-refractivity contribution in [1.82, 2.24) is 14.5 Å². The Labute approximate surface area is 168 Å². The summed E-state index contributed by atoms with van der Waals surface area (Å²) in [7, 11) is -3.69. The number of hydrogen-bond acceptors (Lipinski definition) is 6. The van der Waals surface area contributed by atoms with E-state index in [1.807, 2.05) is 0 Å². The lowest BCUT2D eigenvalue weighted by Crippen LogP contribution is -2.30. The predicted molar refractivity (Wildman–Crippen MR) is 108 cm³/mol. The van der Waals surface area contributed by atoms with Gasteiger partial charge in [0.05, 0.1) is 15.5 Å². The molecule has 148 valence electrons. The normalized spacial score (nSPS) is 12.0. The summed E-state index contributed by atoms with van der Waals surface area (Å²) in [6, 6.07) is 4.11. The van der Waals surface area contributed by atoms with E-state index in [-0.39, 0.29) is 15.5 Å². The number of amides is 1. The maximum Gasteiger partial charge on any atom is 0.259 e. The summed E-state index contributed by atoms with van der Waals surface area (Å²) in [5.74, 6) is -0.0956. The van der Waals surface area contributed by atoms with Gasteiger partial charge in [-0.2, -0.15) is 4.31 Å². The zero-order valence-corrected chi connectivity index (χ0v) is 18.1. The SMILES string of the molecule is CCN(CC)S(=O)(=O)c1ccc(Cl)c(C(=O)Nc2nnc(CC(C)C)s2)c1. The number of nitrogens with one attached hydrogen (secondary N) is 1. The van der Waals surface area contributed by atoms with Gasteiger partial charge < -0.3 is 0 Å². The largest absolute Gasteiger partial charge is 0.296 e. The van der Waals surface area contributed by atoms with Crippen LogP contribution < -0.4 is 5.32 Å². The third kappa shape index (κ3) is 5.25. The van der Waals surface area contributed by atoms with Gasteiger partial charge in [0.15, 0.2) is 0 Å². The van der Waals surface area contributed by atoms with Gasteiger partial charge in [-0.3, -0.25) is 10.1 Å². The molecule has 1 aromatic carbocycles. The van der Waals surface area contributed by atoms with E-state index >= 15 is 0 Å². The van der Waals surface area contributed by atoms with Crippen LogP contribution in [0.4, 0.5) is 5.13 Å². The molecule has 0 radical (unpaired) electrons. The number of aromatic nitrogens is 2. The molecule has 0 bridgehead atoms. The average molecular weight is 431 g/mol. The highest BCUT2D eigenvalue weighted by Gasteiger charge is 2.24. The van der Waals surface area contributed by atoms with Crippen molar-refractivity contribution in [2.75, 3.05) is 18.4 Å². The molecule has 0 unspecified atom stereocenters. The van der Waals surface area contributed by atoms with Gasteiger partial charge in [-0.15, -0.1) is 10.2 Å². The van der Waals surface area contributed by atoms with Gasteiger partial charge in [-0.05, 0) is 24.1 Å². The maximum atomic E-state index is 12.7. The topological polar surface area (TPSA) is 92.3 Å². The fourth-order valence-corrected chi connectivity index (χ4v) is 5.09. The third-order valence-electron chi connectivity index (χ3n) is 3.80. The van der Waals surface area contributed by atoms with Crippen LogP contribution in [0.3, 0.4) is 0 Å². The van der Waals surface area contributed by atoms with E-state index in [0.717, 1.165) is 11.4 Å². The number of sulfonamides is 1. The number of anilines is 1. The van der Waals surface area contributed by atoms with Crippen LogP contribution in [0, 0.1) is 5.92 Å². The fraction of sp³-hybridized carbons (Fsp3) is 0.471. The first-order chi connectivity index (χ1) is 12.7. The van der Waals surface area contributed by atoms with Gasteiger partial charge in [0.25, 0.3) is 5.91 Å². The molecule has 0 fully saturated rings. The monoisotopic (exact) mass is 430 g/mol. The molecule has 0 aliphatic heterocycles. The van der Waals surface area contributed by atoms with Crippen LogP contribution in [0.2, 0.25) is 5.02 Å². The minimum atomic E-state index is -3.69. The number of rotatable bonds is 8. The molecule has 0 saturated heterocycles. The Kier molecular flexibility index (Phi) is 7.32. The molecular weight excluding hydrogens is 408 g/mol. The zero-order chi connectivity index (χ0) is 20.2. The van der Waals surface area contributed by atoms with Gasteiger partial charge in [-0.25, -0.2) is 8.42 Å². The number of hydrogen-bond donors (Lipinski definition) is 1. The van der Waals surface area contributed by atoms with Crippen molar-refractivity contribution < 1.29 is 13.2 Å². The molecule has 0 aliphatic carbocycles. The summed E-state index contributed by atoms with van der Waals surface area (Å²) in [5.41, 5.74) is 0.0745. The van der Waals surface area contributed by atoms with Crippen LogP contribution in [0.25, 0.3) is 0 Å². The Morgan fingerprint density at radius 3 is 2.52 bits per heavy atom. The Balaban J connectivity index is 2.27. The van der Waals surface area contributed by atoms with Crippen LogP contribution in [-0.4, -0.2) is 41.9 Å². The van der Waals surface area contributed by atoms with Crippen molar-refractivity contribution in [2.45, 2.75) is 39.0 Å². The molecule has 7 nitrogen and oxygen atoms in total. The van der Waals surface area contributed by atoms with Crippen molar-refractivity contribution in [2.24, 2.45) is 5.92 Å². The number of benzene rings is 1. The van der Waals surface area contributed by atoms with Crippen molar-refractivity contribution in [1.29, 1.82) is 0 Å². The molecule has 0 atom stereocenters. The summed E-state index contributed by atoms with van der Waals surface area (Å²) in [5, 5.41) is 12.0. The number of carbonyl (C=O) groups is 1. The molecule has 1 amide bonds. The predicted octanol–water partition coefficient (Wildman–Crippen LogP) is 3.67. The summed E-state index contributed by atoms with van der Waals surface area (Å²) >= 11 is 7.42. The first-order valence-corrected chi connectivity index (χ1v) is 11.3. The second-order valence-corrected chi connectivity index (χ2v) is 9.69. The molecule has 0 spiro atoms. The Morgan fingerprint density at radius 2 is 1.93 bits per heavy atom. The van der Waals surface area contributed by atoms with Gasteiger partial charge in [0, 0.05) is 19.5 Å². The van der Waals surface area contributed by atoms with Gasteiger partial charge in [0.2, 0.25) is 15.2 Å². The fourth-order valence-electron chi connectivity index (χ4n) is 2.45. The third-order valence-corrected chi connectivity index (χ3v) is 7.03. The second-order valence-electron chi connectivity index (χ2n) is 6.28. The van der Waals surface area contributed by atoms with Crippen LogP contribution >= 0.6 is 22.9 Å². The minimum absolute atomic E-state index is 0.0264. The van der Waals surface area contributed by atoms with Gasteiger partial charge >= 0.3 is 0 Å². The van der Waals surface area contributed by atoms with E-state index in [9.17, 15) is 13.2 Å². The van der Waals surface area contributed by atoms with E-state index in [2.05, 4.69) is 29.4 Å². The van der Waals surface area contributed by atoms with Crippen molar-refractivity contribution >= 4 is 44.0 Å². The molecule has 10 heteroatoms. The number of nitrogens with zero attached hydrogens (tertiary/aromatic N) is 3. The summed E-state index contributed by atoms with van der Waals surface area (Å²) in [4.78, 5) is 12.6. The molecule has 1 heterocycles. The lowest BCUT2D eigenvalue weighted by Gasteiger charge is -2.19. The number of halogens is 1. The highest BCUT2D eigenvalue weighted by Crippen LogP contribution is 2.25. The first-order valence-electron chi connectivity index (χ1n) is 8.62. The Bertz CT molecular complexity index is 909. The average Bonchev–Trinajstić information content (AvgIpc) is 3.01. The minimum Gasteiger partial charge on any atom is -0.296 e. The van der Waals surface area contributed by atoms with Crippen LogP contribution in [0.5, 0.6) is 0 Å². The van der Waals surface area contributed by atoms with Crippen molar-refractivity contribution in [3.8, 4) is 0 Å². The van der Waals surface area contributed by atoms with E-state index in [0.29, 0.717) is 24.1 Å². The first kappa shape index (κ1) is 21.7. The molecule has 2 aromatic rings. The summed E-state index contributed by atoms with van der Waals surface area (Å²) < 4.78 is 26.7. The molecule has 2 rings (SSSR count). The molecular formula is C17H23ClN4O3S2. The smallest absolute Gasteiger partial charge is 0.259 e. The van der Waals surface area contributed by atoms with Gasteiger partial charge in [-0.1, -0.05) is 50.6 Å². The highest BCUT2D eigenvalue weighted by atomic mass is 35.5. The molecule has 1 N–H and O–H groups in total. The second kappa shape index (κ2) is 9.09. The summed E-state index contributed by atoms with van der Waals surface area (Å²) in [6.45, 7) is 8.34. The zero-order valence-electron chi connectivity index (χ0n) is 15.7. The number of carbonyl (C=O) groups excluding carboxylic acids is 1. The molecule has 1 aromatic heterocycles. The van der Waals surface area contributed by atoms with Crippen molar-refractivity contribution in [3.63, 3.8) is 0 Å². The van der Waals surface area contributed by atoms with E-state index < -0.39 is 15.9 Å². The quantitative estimate of drug-likeness (QED) is 0.689. The van der Waals surface area contributed by atoms with Crippen LogP contribution in [0.15, 0.2) is 23.1 Å².